The molecule has 0 aromatic carbocycles. The van der Waals surface area contributed by atoms with E-state index in [0.29, 0.717) is 0 Å². The van der Waals surface area contributed by atoms with Crippen molar-refractivity contribution in [2.45, 2.75) is 58.8 Å². The Morgan fingerprint density at radius 3 is 2.31 bits per heavy atom. The van der Waals surface area contributed by atoms with Gasteiger partial charge in [0, 0.05) is 0 Å². The standard InChI is InChI=1S/C13H24/c1-4-7-9-10-12-13(6-3)11-8-5-2/h6,12H,3-5,7-11H2,1-2H3/b13-12+. The van der Waals surface area contributed by atoms with Gasteiger partial charge in [0.05, 0.1) is 0 Å². The minimum absolute atomic E-state index is 1.21. The summed E-state index contributed by atoms with van der Waals surface area (Å²) in [6, 6.07) is 0. The van der Waals surface area contributed by atoms with E-state index in [2.05, 4.69) is 26.5 Å². The monoisotopic (exact) mass is 180 g/mol. The quantitative estimate of drug-likeness (QED) is 0.369. The predicted molar refractivity (Wildman–Crippen MR) is 61.9 cm³/mol. The summed E-state index contributed by atoms with van der Waals surface area (Å²) in [5.74, 6) is 0. The Balaban J connectivity index is 3.58. The van der Waals surface area contributed by atoms with E-state index in [-0.39, 0.29) is 0 Å². The van der Waals surface area contributed by atoms with E-state index in [1.54, 1.807) is 0 Å². The van der Waals surface area contributed by atoms with Crippen LogP contribution in [0.1, 0.15) is 58.8 Å². The van der Waals surface area contributed by atoms with Crippen LogP contribution < -0.4 is 0 Å². The molecule has 0 atom stereocenters. The maximum Gasteiger partial charge on any atom is -0.0282 e. The van der Waals surface area contributed by atoms with Crippen molar-refractivity contribution in [3.05, 3.63) is 24.3 Å². The highest BCUT2D eigenvalue weighted by Crippen LogP contribution is 2.11. The number of rotatable bonds is 8. The lowest BCUT2D eigenvalue weighted by atomic mass is 10.1. The summed E-state index contributed by atoms with van der Waals surface area (Å²) in [6.45, 7) is 8.32. The lowest BCUT2D eigenvalue weighted by Gasteiger charge is -2.00. The fourth-order valence-corrected chi connectivity index (χ4v) is 1.35. The molecule has 0 unspecified atom stereocenters. The molecular weight excluding hydrogens is 156 g/mol. The van der Waals surface area contributed by atoms with Gasteiger partial charge in [-0.1, -0.05) is 57.4 Å². The second-order valence-electron chi connectivity index (χ2n) is 3.58. The van der Waals surface area contributed by atoms with Crippen LogP contribution in [0.15, 0.2) is 24.3 Å². The van der Waals surface area contributed by atoms with Crippen molar-refractivity contribution in [2.75, 3.05) is 0 Å². The van der Waals surface area contributed by atoms with E-state index in [1.165, 1.54) is 50.5 Å². The third kappa shape index (κ3) is 7.83. The number of hydrogen-bond acceptors (Lipinski definition) is 0. The number of allylic oxidation sites excluding steroid dienone is 3. The highest BCUT2D eigenvalue weighted by Gasteiger charge is 1.91. The fraction of sp³-hybridized carbons (Fsp3) is 0.692. The van der Waals surface area contributed by atoms with Crippen LogP contribution in [0.3, 0.4) is 0 Å². The van der Waals surface area contributed by atoms with Gasteiger partial charge in [-0.15, -0.1) is 0 Å². The molecule has 0 aromatic heterocycles. The normalized spacial score (nSPS) is 11.7. The van der Waals surface area contributed by atoms with Gasteiger partial charge < -0.3 is 0 Å². The molecule has 0 aromatic rings. The molecule has 0 radical (unpaired) electrons. The predicted octanol–water partition coefficient (Wildman–Crippen LogP) is 4.87. The van der Waals surface area contributed by atoms with Crippen molar-refractivity contribution in [3.8, 4) is 0 Å². The molecule has 0 saturated heterocycles. The van der Waals surface area contributed by atoms with Crippen molar-refractivity contribution >= 4 is 0 Å². The average molecular weight is 180 g/mol. The fourth-order valence-electron chi connectivity index (χ4n) is 1.35. The zero-order valence-corrected chi connectivity index (χ0v) is 9.31. The molecule has 0 aliphatic heterocycles. The molecule has 0 saturated carbocycles. The highest BCUT2D eigenvalue weighted by molar-refractivity contribution is 5.15. The first-order chi connectivity index (χ1) is 6.35. The number of unbranched alkanes of at least 4 members (excludes halogenated alkanes) is 4. The van der Waals surface area contributed by atoms with E-state index >= 15 is 0 Å². The van der Waals surface area contributed by atoms with Gasteiger partial charge in [0.1, 0.15) is 0 Å². The van der Waals surface area contributed by atoms with Crippen molar-refractivity contribution < 1.29 is 0 Å². The summed E-state index contributed by atoms with van der Waals surface area (Å²) in [5, 5.41) is 0. The van der Waals surface area contributed by atoms with Gasteiger partial charge >= 0.3 is 0 Å². The van der Waals surface area contributed by atoms with E-state index < -0.39 is 0 Å². The van der Waals surface area contributed by atoms with Gasteiger partial charge in [0.2, 0.25) is 0 Å². The van der Waals surface area contributed by atoms with Gasteiger partial charge in [-0.25, -0.2) is 0 Å². The third-order valence-electron chi connectivity index (χ3n) is 2.30. The zero-order valence-electron chi connectivity index (χ0n) is 9.31. The summed E-state index contributed by atoms with van der Waals surface area (Å²) < 4.78 is 0. The van der Waals surface area contributed by atoms with Gasteiger partial charge in [-0.2, -0.15) is 0 Å². The van der Waals surface area contributed by atoms with Crippen LogP contribution in [0.2, 0.25) is 0 Å². The van der Waals surface area contributed by atoms with Crippen LogP contribution in [-0.2, 0) is 0 Å². The van der Waals surface area contributed by atoms with E-state index in [0.717, 1.165) is 0 Å². The number of hydrogen-bond donors (Lipinski definition) is 0. The lowest BCUT2D eigenvalue weighted by Crippen LogP contribution is -1.80. The Morgan fingerprint density at radius 2 is 1.77 bits per heavy atom. The molecule has 0 spiro atoms. The summed E-state index contributed by atoms with van der Waals surface area (Å²) in [7, 11) is 0. The van der Waals surface area contributed by atoms with Crippen LogP contribution in [0.4, 0.5) is 0 Å². The van der Waals surface area contributed by atoms with E-state index in [1.807, 2.05) is 6.08 Å². The molecule has 0 amide bonds. The maximum atomic E-state index is 3.84. The average Bonchev–Trinajstić information content (AvgIpc) is 2.17. The highest BCUT2D eigenvalue weighted by atomic mass is 14.0. The maximum absolute atomic E-state index is 3.84. The molecular formula is C13H24. The Kier molecular flexibility index (Phi) is 9.18. The second-order valence-corrected chi connectivity index (χ2v) is 3.58. The molecule has 13 heavy (non-hydrogen) atoms. The summed E-state index contributed by atoms with van der Waals surface area (Å²) >= 11 is 0. The van der Waals surface area contributed by atoms with Crippen LogP contribution >= 0.6 is 0 Å². The van der Waals surface area contributed by atoms with Crippen molar-refractivity contribution in [3.63, 3.8) is 0 Å². The molecule has 0 N–H and O–H groups in total. The van der Waals surface area contributed by atoms with Gasteiger partial charge in [0.25, 0.3) is 0 Å². The van der Waals surface area contributed by atoms with E-state index in [4.69, 9.17) is 0 Å². The summed E-state index contributed by atoms with van der Waals surface area (Å²) in [4.78, 5) is 0. The lowest BCUT2D eigenvalue weighted by molar-refractivity contribution is 0.723. The first-order valence-corrected chi connectivity index (χ1v) is 5.66. The molecule has 0 heterocycles. The molecule has 0 rings (SSSR count). The van der Waals surface area contributed by atoms with Crippen molar-refractivity contribution in [1.29, 1.82) is 0 Å². The largest absolute Gasteiger partial charge is 0.0988 e. The Labute approximate surface area is 83.7 Å². The van der Waals surface area contributed by atoms with Gasteiger partial charge in [0.15, 0.2) is 0 Å². The molecule has 0 aliphatic carbocycles. The summed E-state index contributed by atoms with van der Waals surface area (Å²) in [6.07, 6.45) is 13.4. The van der Waals surface area contributed by atoms with Crippen molar-refractivity contribution in [1.82, 2.24) is 0 Å². The minimum Gasteiger partial charge on any atom is -0.0988 e. The minimum atomic E-state index is 1.21. The molecule has 0 bridgehead atoms. The summed E-state index contributed by atoms with van der Waals surface area (Å²) in [5.41, 5.74) is 1.44. The Bertz CT molecular complexity index is 142. The van der Waals surface area contributed by atoms with Crippen LogP contribution in [0, 0.1) is 0 Å². The second kappa shape index (κ2) is 9.57. The zero-order chi connectivity index (χ0) is 9.94. The Morgan fingerprint density at radius 1 is 1.08 bits per heavy atom. The molecule has 0 aliphatic rings. The smallest absolute Gasteiger partial charge is 0.0282 e. The van der Waals surface area contributed by atoms with E-state index in [9.17, 15) is 0 Å². The van der Waals surface area contributed by atoms with Crippen LogP contribution in [-0.4, -0.2) is 0 Å². The van der Waals surface area contributed by atoms with Gasteiger partial charge in [-0.3, -0.25) is 0 Å². The van der Waals surface area contributed by atoms with Crippen LogP contribution in [0.25, 0.3) is 0 Å². The third-order valence-corrected chi connectivity index (χ3v) is 2.30. The van der Waals surface area contributed by atoms with Gasteiger partial charge in [-0.05, 0) is 25.7 Å². The van der Waals surface area contributed by atoms with Crippen molar-refractivity contribution in [2.24, 2.45) is 0 Å². The first-order valence-electron chi connectivity index (χ1n) is 5.66. The molecule has 0 nitrogen and oxygen atoms in total. The molecule has 0 heteroatoms. The molecule has 0 fully saturated rings. The molecule has 76 valence electrons. The SMILES string of the molecule is C=C/C(=C\CCCCC)CCCC. The van der Waals surface area contributed by atoms with Crippen LogP contribution in [0.5, 0.6) is 0 Å². The Hall–Kier alpha value is -0.520. The topological polar surface area (TPSA) is 0 Å². The first kappa shape index (κ1) is 12.5.